The van der Waals surface area contributed by atoms with Gasteiger partial charge in [-0.3, -0.25) is 9.20 Å². The van der Waals surface area contributed by atoms with Crippen LogP contribution in [0.5, 0.6) is 0 Å². The summed E-state index contributed by atoms with van der Waals surface area (Å²) in [5.74, 6) is -0.0144. The van der Waals surface area contributed by atoms with Gasteiger partial charge in [-0.05, 0) is 25.2 Å². The van der Waals surface area contributed by atoms with Crippen molar-refractivity contribution in [2.75, 3.05) is 6.61 Å². The highest BCUT2D eigenvalue weighted by Gasteiger charge is 2.20. The number of aliphatic hydroxyl groups excluding tert-OH is 1. The molecule has 0 saturated heterocycles. The van der Waals surface area contributed by atoms with Crippen molar-refractivity contribution in [2.24, 2.45) is 5.41 Å². The largest absolute Gasteiger partial charge is 0.394 e. The number of nitrogens with one attached hydrogen (secondary N) is 1. The Bertz CT molecular complexity index is 639. The molecular weight excluding hydrogens is 298 g/mol. The van der Waals surface area contributed by atoms with Crippen LogP contribution in [-0.2, 0) is 11.2 Å². The van der Waals surface area contributed by atoms with Gasteiger partial charge in [0.05, 0.1) is 18.3 Å². The lowest BCUT2D eigenvalue weighted by Crippen LogP contribution is -2.40. The van der Waals surface area contributed by atoms with Crippen molar-refractivity contribution in [2.45, 2.75) is 53.0 Å². The Morgan fingerprint density at radius 3 is 2.86 bits per heavy atom. The van der Waals surface area contributed by atoms with Crippen molar-refractivity contribution < 1.29 is 9.90 Å². The van der Waals surface area contributed by atoms with Crippen LogP contribution in [0.3, 0.4) is 0 Å². The van der Waals surface area contributed by atoms with E-state index >= 15 is 0 Å². The Kier molecular flexibility index (Phi) is 5.24. The molecule has 2 aromatic rings. The first-order chi connectivity index (χ1) is 10.3. The molecule has 1 unspecified atom stereocenters. The second-order valence-corrected chi connectivity index (χ2v) is 7.81. The highest BCUT2D eigenvalue weighted by Crippen LogP contribution is 2.21. The molecule has 2 rings (SSSR count). The molecule has 0 aromatic carbocycles. The molecule has 122 valence electrons. The number of amides is 1. The number of hydrogen-bond acceptors (Lipinski definition) is 4. The molecule has 6 heteroatoms. The van der Waals surface area contributed by atoms with Gasteiger partial charge in [0.2, 0.25) is 5.91 Å². The topological polar surface area (TPSA) is 66.6 Å². The van der Waals surface area contributed by atoms with Gasteiger partial charge in [0.1, 0.15) is 0 Å². The zero-order chi connectivity index (χ0) is 16.3. The Balaban J connectivity index is 1.89. The summed E-state index contributed by atoms with van der Waals surface area (Å²) in [7, 11) is 0. The van der Waals surface area contributed by atoms with E-state index in [0.29, 0.717) is 12.8 Å². The normalized spacial score (nSPS) is 13.5. The number of fused-ring (bicyclic) bond motifs is 1. The predicted molar refractivity (Wildman–Crippen MR) is 89.2 cm³/mol. The maximum Gasteiger partial charge on any atom is 0.220 e. The monoisotopic (exact) mass is 323 g/mol. The predicted octanol–water partition coefficient (Wildman–Crippen LogP) is 2.55. The van der Waals surface area contributed by atoms with Gasteiger partial charge >= 0.3 is 0 Å². The lowest BCUT2D eigenvalue weighted by atomic mass is 9.88. The minimum Gasteiger partial charge on any atom is -0.394 e. The van der Waals surface area contributed by atoms with Crippen LogP contribution in [0.15, 0.2) is 11.6 Å². The summed E-state index contributed by atoms with van der Waals surface area (Å²) < 4.78 is 2.05. The van der Waals surface area contributed by atoms with Crippen LogP contribution >= 0.6 is 11.3 Å². The molecule has 0 spiro atoms. The summed E-state index contributed by atoms with van der Waals surface area (Å²) in [5.41, 5.74) is 2.17. The standard InChI is InChI=1S/C16H25N3O2S/c1-11-8-19-13(10-22-15(19)17-11)5-6-14(21)18-12(9-20)7-16(2,3)4/h8,10,12,20H,5-7,9H2,1-4H3,(H,18,21). The van der Waals surface area contributed by atoms with Gasteiger partial charge in [-0.1, -0.05) is 20.8 Å². The molecule has 0 radical (unpaired) electrons. The van der Waals surface area contributed by atoms with E-state index in [2.05, 4.69) is 31.1 Å². The lowest BCUT2D eigenvalue weighted by molar-refractivity contribution is -0.122. The minimum atomic E-state index is -0.175. The van der Waals surface area contributed by atoms with Crippen LogP contribution in [0.25, 0.3) is 4.96 Å². The van der Waals surface area contributed by atoms with E-state index in [0.717, 1.165) is 22.8 Å². The SMILES string of the molecule is Cc1cn2c(CCC(=O)NC(CO)CC(C)(C)C)csc2n1. The molecular formula is C16H25N3O2S. The van der Waals surface area contributed by atoms with Crippen LogP contribution in [0.2, 0.25) is 0 Å². The fraction of sp³-hybridized carbons (Fsp3) is 0.625. The number of nitrogens with zero attached hydrogens (tertiary/aromatic N) is 2. The highest BCUT2D eigenvalue weighted by molar-refractivity contribution is 7.15. The Labute approximate surface area is 135 Å². The Morgan fingerprint density at radius 2 is 2.23 bits per heavy atom. The summed E-state index contributed by atoms with van der Waals surface area (Å²) in [6.07, 6.45) is 3.85. The Morgan fingerprint density at radius 1 is 1.50 bits per heavy atom. The number of carbonyl (C=O) groups excluding carboxylic acids is 1. The van der Waals surface area contributed by atoms with E-state index < -0.39 is 0 Å². The van der Waals surface area contributed by atoms with Crippen LogP contribution in [-0.4, -0.2) is 33.0 Å². The van der Waals surface area contributed by atoms with Crippen molar-refractivity contribution in [3.63, 3.8) is 0 Å². The van der Waals surface area contributed by atoms with Gasteiger partial charge in [0, 0.05) is 23.7 Å². The quantitative estimate of drug-likeness (QED) is 0.858. The number of carbonyl (C=O) groups is 1. The number of hydrogen-bond donors (Lipinski definition) is 2. The summed E-state index contributed by atoms with van der Waals surface area (Å²) in [6, 6.07) is -0.175. The fourth-order valence-electron chi connectivity index (χ4n) is 2.56. The van der Waals surface area contributed by atoms with Gasteiger partial charge in [0.25, 0.3) is 0 Å². The zero-order valence-electron chi connectivity index (χ0n) is 13.7. The number of aromatic nitrogens is 2. The number of aliphatic hydroxyl groups is 1. The third-order valence-electron chi connectivity index (χ3n) is 3.46. The summed E-state index contributed by atoms with van der Waals surface area (Å²) in [5, 5.41) is 14.4. The van der Waals surface area contributed by atoms with Crippen LogP contribution in [0.1, 0.15) is 45.0 Å². The number of imidazole rings is 1. The number of thiazole rings is 1. The molecule has 0 fully saturated rings. The van der Waals surface area contributed by atoms with Crippen molar-refractivity contribution in [1.29, 1.82) is 0 Å². The van der Waals surface area contributed by atoms with Gasteiger partial charge in [-0.25, -0.2) is 4.98 Å². The van der Waals surface area contributed by atoms with E-state index in [-0.39, 0.29) is 24.0 Å². The van der Waals surface area contributed by atoms with E-state index in [1.165, 1.54) is 0 Å². The fourth-order valence-corrected chi connectivity index (χ4v) is 3.52. The van der Waals surface area contributed by atoms with Gasteiger partial charge in [-0.2, -0.15) is 0 Å². The highest BCUT2D eigenvalue weighted by atomic mass is 32.1. The van der Waals surface area contributed by atoms with Gasteiger partial charge in [-0.15, -0.1) is 11.3 Å². The molecule has 22 heavy (non-hydrogen) atoms. The molecule has 2 N–H and O–H groups in total. The molecule has 0 aliphatic heterocycles. The molecule has 0 aliphatic rings. The summed E-state index contributed by atoms with van der Waals surface area (Å²) >= 11 is 1.59. The molecule has 0 bridgehead atoms. The first-order valence-electron chi connectivity index (χ1n) is 7.61. The van der Waals surface area contributed by atoms with Crippen LogP contribution in [0, 0.1) is 12.3 Å². The van der Waals surface area contributed by atoms with Gasteiger partial charge < -0.3 is 10.4 Å². The van der Waals surface area contributed by atoms with Crippen molar-refractivity contribution >= 4 is 22.2 Å². The summed E-state index contributed by atoms with van der Waals surface area (Å²) in [4.78, 5) is 17.5. The Hall–Kier alpha value is -1.40. The zero-order valence-corrected chi connectivity index (χ0v) is 14.5. The summed E-state index contributed by atoms with van der Waals surface area (Å²) in [6.45, 7) is 8.25. The van der Waals surface area contributed by atoms with E-state index in [9.17, 15) is 9.90 Å². The second-order valence-electron chi connectivity index (χ2n) is 6.97. The smallest absolute Gasteiger partial charge is 0.220 e. The molecule has 5 nitrogen and oxygen atoms in total. The molecule has 0 aliphatic carbocycles. The third-order valence-corrected chi connectivity index (χ3v) is 4.35. The van der Waals surface area contributed by atoms with E-state index in [1.54, 1.807) is 11.3 Å². The van der Waals surface area contributed by atoms with Crippen molar-refractivity contribution in [3.8, 4) is 0 Å². The lowest BCUT2D eigenvalue weighted by Gasteiger charge is -2.25. The van der Waals surface area contributed by atoms with Crippen molar-refractivity contribution in [1.82, 2.24) is 14.7 Å². The average molecular weight is 323 g/mol. The molecule has 0 saturated carbocycles. The first-order valence-corrected chi connectivity index (χ1v) is 8.49. The minimum absolute atomic E-state index is 0.0144. The number of rotatable bonds is 6. The maximum absolute atomic E-state index is 12.1. The first kappa shape index (κ1) is 17.0. The van der Waals surface area contributed by atoms with E-state index in [1.807, 2.05) is 22.9 Å². The number of aryl methyl sites for hydroxylation is 2. The van der Waals surface area contributed by atoms with Crippen LogP contribution in [0.4, 0.5) is 0 Å². The third kappa shape index (κ3) is 4.55. The van der Waals surface area contributed by atoms with Crippen LogP contribution < -0.4 is 5.32 Å². The second kappa shape index (κ2) is 6.79. The van der Waals surface area contributed by atoms with Gasteiger partial charge in [0.15, 0.2) is 4.96 Å². The van der Waals surface area contributed by atoms with E-state index in [4.69, 9.17) is 0 Å². The molecule has 2 heterocycles. The average Bonchev–Trinajstić information content (AvgIpc) is 2.93. The van der Waals surface area contributed by atoms with Crippen molar-refractivity contribution in [3.05, 3.63) is 23.0 Å². The molecule has 2 aromatic heterocycles. The molecule has 1 amide bonds. The maximum atomic E-state index is 12.1. The molecule has 1 atom stereocenters.